The number of fused-ring (bicyclic) bond motifs is 2. The maximum absolute atomic E-state index is 14.1. The van der Waals surface area contributed by atoms with E-state index in [2.05, 4.69) is 36.7 Å². The zero-order chi connectivity index (χ0) is 28.7. The van der Waals surface area contributed by atoms with Crippen LogP contribution in [-0.2, 0) is 33.8 Å². The number of anilines is 2. The first-order valence-electron chi connectivity index (χ1n) is 14.4. The summed E-state index contributed by atoms with van der Waals surface area (Å²) >= 11 is 1.59. The SMILES string of the molecule is CC(C)n1cc(C[C@@H](N)C(=O)CC2Cc3cccc(N4CCCC4=O)c3N(Cc3ccsc3)C2=O)c2ccccc21. The molecule has 6 rings (SSSR count). The first-order valence-corrected chi connectivity index (χ1v) is 15.4. The van der Waals surface area contributed by atoms with Gasteiger partial charge in [-0.15, -0.1) is 0 Å². The summed E-state index contributed by atoms with van der Waals surface area (Å²) in [5.41, 5.74) is 12.3. The highest BCUT2D eigenvalue weighted by molar-refractivity contribution is 7.07. The number of nitrogens with two attached hydrogens (primary N) is 1. The summed E-state index contributed by atoms with van der Waals surface area (Å²) in [5, 5.41) is 5.14. The van der Waals surface area contributed by atoms with Crippen LogP contribution in [0, 0.1) is 5.92 Å². The van der Waals surface area contributed by atoms with Gasteiger partial charge in [0.25, 0.3) is 0 Å². The monoisotopic (exact) mass is 568 g/mol. The Morgan fingerprint density at radius 2 is 1.93 bits per heavy atom. The van der Waals surface area contributed by atoms with Crippen molar-refractivity contribution in [2.45, 2.75) is 64.6 Å². The summed E-state index contributed by atoms with van der Waals surface area (Å²) in [5.74, 6) is -0.598. The van der Waals surface area contributed by atoms with Crippen LogP contribution in [0.1, 0.15) is 55.8 Å². The largest absolute Gasteiger partial charge is 0.345 e. The predicted octanol–water partition coefficient (Wildman–Crippen LogP) is 5.65. The van der Waals surface area contributed by atoms with E-state index >= 15 is 0 Å². The van der Waals surface area contributed by atoms with E-state index in [0.29, 0.717) is 32.4 Å². The standard InChI is InChI=1S/C33H36N4O3S/c1-21(2)36-19-25(26-8-3-4-9-28(26)36)16-27(34)30(38)17-24-15-23-7-5-10-29(35-13-6-11-31(35)39)32(23)37(33(24)40)18-22-12-14-41-20-22/h3-5,7-10,12,14,19-21,24,27H,6,11,13,15-18,34H2,1-2H3/t24?,27-/m1/s1. The molecule has 0 aliphatic carbocycles. The Morgan fingerprint density at radius 1 is 1.10 bits per heavy atom. The molecular formula is C33H36N4O3S. The number of benzene rings is 2. The number of para-hydroxylation sites is 2. The molecule has 2 aliphatic rings. The van der Waals surface area contributed by atoms with E-state index in [-0.39, 0.29) is 30.1 Å². The Hall–Kier alpha value is -3.75. The number of thiophene rings is 1. The van der Waals surface area contributed by atoms with Crippen molar-refractivity contribution in [1.29, 1.82) is 0 Å². The van der Waals surface area contributed by atoms with Gasteiger partial charge in [-0.3, -0.25) is 14.4 Å². The van der Waals surface area contributed by atoms with Crippen molar-refractivity contribution in [1.82, 2.24) is 4.57 Å². The van der Waals surface area contributed by atoms with Gasteiger partial charge >= 0.3 is 0 Å². The Morgan fingerprint density at radius 3 is 2.66 bits per heavy atom. The summed E-state index contributed by atoms with van der Waals surface area (Å²) in [6.07, 6.45) is 4.41. The number of carbonyl (C=O) groups is 3. The lowest BCUT2D eigenvalue weighted by molar-refractivity contribution is -0.128. The maximum Gasteiger partial charge on any atom is 0.231 e. The number of hydrogen-bond donors (Lipinski definition) is 1. The molecule has 41 heavy (non-hydrogen) atoms. The second kappa shape index (κ2) is 11.3. The molecule has 8 heteroatoms. The van der Waals surface area contributed by atoms with E-state index in [1.165, 1.54) is 0 Å². The number of rotatable bonds is 9. The minimum Gasteiger partial charge on any atom is -0.345 e. The Kier molecular flexibility index (Phi) is 7.53. The van der Waals surface area contributed by atoms with Crippen molar-refractivity contribution in [3.8, 4) is 0 Å². The summed E-state index contributed by atoms with van der Waals surface area (Å²) in [7, 11) is 0. The minimum absolute atomic E-state index is 0.0836. The summed E-state index contributed by atoms with van der Waals surface area (Å²) < 4.78 is 2.22. The lowest BCUT2D eigenvalue weighted by Crippen LogP contribution is -2.44. The topological polar surface area (TPSA) is 88.6 Å². The molecule has 0 radical (unpaired) electrons. The average molecular weight is 569 g/mol. The molecule has 0 spiro atoms. The molecule has 2 atom stereocenters. The lowest BCUT2D eigenvalue weighted by Gasteiger charge is -2.37. The lowest BCUT2D eigenvalue weighted by atomic mass is 9.85. The quantitative estimate of drug-likeness (QED) is 0.283. The first-order chi connectivity index (χ1) is 19.8. The van der Waals surface area contributed by atoms with Crippen molar-refractivity contribution >= 4 is 51.2 Å². The first kappa shape index (κ1) is 27.4. The fourth-order valence-electron chi connectivity index (χ4n) is 6.35. The fourth-order valence-corrected chi connectivity index (χ4v) is 7.01. The minimum atomic E-state index is -0.700. The zero-order valence-corrected chi connectivity index (χ0v) is 24.4. The van der Waals surface area contributed by atoms with E-state index in [9.17, 15) is 14.4 Å². The van der Waals surface area contributed by atoms with Crippen LogP contribution in [0.15, 0.2) is 65.5 Å². The van der Waals surface area contributed by atoms with Gasteiger partial charge in [0.15, 0.2) is 5.78 Å². The molecule has 0 bridgehead atoms. The molecule has 0 saturated carbocycles. The van der Waals surface area contributed by atoms with Crippen LogP contribution in [0.3, 0.4) is 0 Å². The fraction of sp³-hybridized carbons (Fsp3) is 0.364. The normalized spacial score (nSPS) is 18.0. The van der Waals surface area contributed by atoms with Gasteiger partial charge in [0.2, 0.25) is 11.8 Å². The van der Waals surface area contributed by atoms with Gasteiger partial charge in [-0.05, 0) is 78.8 Å². The second-order valence-electron chi connectivity index (χ2n) is 11.5. The van der Waals surface area contributed by atoms with E-state index < -0.39 is 12.0 Å². The van der Waals surface area contributed by atoms with E-state index in [1.54, 1.807) is 16.2 Å². The molecule has 1 saturated heterocycles. The van der Waals surface area contributed by atoms with E-state index in [1.807, 2.05) is 52.1 Å². The van der Waals surface area contributed by atoms with Crippen LogP contribution < -0.4 is 15.5 Å². The highest BCUT2D eigenvalue weighted by atomic mass is 32.1. The maximum atomic E-state index is 14.1. The molecule has 7 nitrogen and oxygen atoms in total. The van der Waals surface area contributed by atoms with Crippen molar-refractivity contribution in [2.75, 3.05) is 16.3 Å². The molecule has 2 N–H and O–H groups in total. The smallest absolute Gasteiger partial charge is 0.231 e. The molecule has 4 heterocycles. The van der Waals surface area contributed by atoms with Crippen molar-refractivity contribution in [2.24, 2.45) is 11.7 Å². The average Bonchev–Trinajstić information content (AvgIpc) is 3.71. The summed E-state index contributed by atoms with van der Waals surface area (Å²) in [6, 6.07) is 15.7. The third-order valence-electron chi connectivity index (χ3n) is 8.42. The van der Waals surface area contributed by atoms with Crippen LogP contribution in [0.5, 0.6) is 0 Å². The molecule has 1 fully saturated rings. The zero-order valence-electron chi connectivity index (χ0n) is 23.6. The number of hydrogen-bond acceptors (Lipinski definition) is 5. The van der Waals surface area contributed by atoms with Gasteiger partial charge in [-0.2, -0.15) is 11.3 Å². The number of amides is 2. The molecule has 2 aromatic carbocycles. The molecule has 2 aliphatic heterocycles. The van der Waals surface area contributed by atoms with E-state index in [0.717, 1.165) is 45.4 Å². The number of carbonyl (C=O) groups excluding carboxylic acids is 3. The van der Waals surface area contributed by atoms with Crippen molar-refractivity contribution in [3.05, 3.63) is 82.2 Å². The van der Waals surface area contributed by atoms with Crippen molar-refractivity contribution < 1.29 is 14.4 Å². The second-order valence-corrected chi connectivity index (χ2v) is 12.3. The number of nitrogens with zero attached hydrogens (tertiary/aromatic N) is 3. The number of Topliss-reactive ketones (excluding diaryl/α,β-unsaturated/α-hetero) is 1. The predicted molar refractivity (Wildman–Crippen MR) is 164 cm³/mol. The molecule has 212 valence electrons. The van der Waals surface area contributed by atoms with Crippen LogP contribution in [0.25, 0.3) is 10.9 Å². The van der Waals surface area contributed by atoms with Crippen LogP contribution in [-0.4, -0.2) is 34.8 Å². The van der Waals surface area contributed by atoms with Crippen LogP contribution in [0.4, 0.5) is 11.4 Å². The van der Waals surface area contributed by atoms with Gasteiger partial charge in [0.05, 0.1) is 24.0 Å². The molecule has 2 amide bonds. The molecule has 4 aromatic rings. The van der Waals surface area contributed by atoms with Crippen molar-refractivity contribution in [3.63, 3.8) is 0 Å². The summed E-state index contributed by atoms with van der Waals surface area (Å²) in [4.78, 5) is 43.9. The molecule has 2 aromatic heterocycles. The number of ketones is 1. The van der Waals surface area contributed by atoms with Gasteiger partial charge in [0.1, 0.15) is 0 Å². The van der Waals surface area contributed by atoms with Gasteiger partial charge in [-0.1, -0.05) is 30.3 Å². The van der Waals surface area contributed by atoms with Crippen LogP contribution >= 0.6 is 11.3 Å². The summed E-state index contributed by atoms with van der Waals surface area (Å²) in [6.45, 7) is 5.33. The van der Waals surface area contributed by atoms with Gasteiger partial charge < -0.3 is 20.1 Å². The highest BCUT2D eigenvalue weighted by Crippen LogP contribution is 2.42. The number of aromatic nitrogens is 1. The van der Waals surface area contributed by atoms with E-state index in [4.69, 9.17) is 5.73 Å². The molecular weight excluding hydrogens is 532 g/mol. The van der Waals surface area contributed by atoms with Gasteiger partial charge in [0, 0.05) is 48.4 Å². The molecule has 1 unspecified atom stereocenters. The third kappa shape index (κ3) is 5.22. The Bertz CT molecular complexity index is 1610. The highest BCUT2D eigenvalue weighted by Gasteiger charge is 2.38. The Labute approximate surface area is 244 Å². The Balaban J connectivity index is 1.26. The third-order valence-corrected chi connectivity index (χ3v) is 9.15. The van der Waals surface area contributed by atoms with Gasteiger partial charge in [-0.25, -0.2) is 0 Å². The van der Waals surface area contributed by atoms with Crippen LogP contribution in [0.2, 0.25) is 0 Å².